The van der Waals surface area contributed by atoms with E-state index in [0.29, 0.717) is 30.0 Å². The molecule has 5 heteroatoms. The molecule has 1 aliphatic heterocycles. The van der Waals surface area contributed by atoms with Crippen LogP contribution in [0.15, 0.2) is 36.5 Å². The molecule has 0 saturated heterocycles. The summed E-state index contributed by atoms with van der Waals surface area (Å²) < 4.78 is 19.7. The van der Waals surface area contributed by atoms with Gasteiger partial charge in [-0.1, -0.05) is 31.5 Å². The van der Waals surface area contributed by atoms with Crippen molar-refractivity contribution in [1.29, 1.82) is 0 Å². The Morgan fingerprint density at radius 3 is 2.77 bits per heavy atom. The molecule has 0 radical (unpaired) electrons. The lowest BCUT2D eigenvalue weighted by Gasteiger charge is -2.32. The van der Waals surface area contributed by atoms with Gasteiger partial charge in [0.2, 0.25) is 0 Å². The fraction of sp³-hybridized carbons (Fsp3) is 0.353. The molecule has 1 unspecified atom stereocenters. The predicted octanol–water partition coefficient (Wildman–Crippen LogP) is 3.92. The van der Waals surface area contributed by atoms with Crippen molar-refractivity contribution in [1.82, 2.24) is 4.98 Å². The van der Waals surface area contributed by atoms with Crippen LogP contribution in [0.2, 0.25) is 5.02 Å². The van der Waals surface area contributed by atoms with E-state index in [4.69, 9.17) is 16.3 Å². The van der Waals surface area contributed by atoms with Crippen molar-refractivity contribution >= 4 is 11.6 Å². The number of rotatable bonds is 1. The molecule has 1 atom stereocenters. The van der Waals surface area contributed by atoms with Crippen LogP contribution < -0.4 is 4.74 Å². The van der Waals surface area contributed by atoms with Gasteiger partial charge in [0.15, 0.2) is 0 Å². The molecule has 1 aromatic carbocycles. The molecule has 1 aromatic heterocycles. The molecule has 0 amide bonds. The molecule has 2 heterocycles. The van der Waals surface area contributed by atoms with Crippen LogP contribution >= 0.6 is 11.6 Å². The summed E-state index contributed by atoms with van der Waals surface area (Å²) in [4.78, 5) is 4.27. The Labute approximate surface area is 133 Å². The molecule has 22 heavy (non-hydrogen) atoms. The van der Waals surface area contributed by atoms with Gasteiger partial charge in [0.25, 0.3) is 0 Å². The first kappa shape index (κ1) is 15.3. The van der Waals surface area contributed by atoms with Crippen molar-refractivity contribution in [3.63, 3.8) is 0 Å². The molecule has 2 aromatic rings. The number of aromatic nitrogens is 1. The van der Waals surface area contributed by atoms with E-state index < -0.39 is 11.4 Å². The predicted molar refractivity (Wildman–Crippen MR) is 82.5 cm³/mol. The Bertz CT molecular complexity index is 705. The highest BCUT2D eigenvalue weighted by Gasteiger charge is 2.44. The van der Waals surface area contributed by atoms with E-state index >= 15 is 0 Å². The summed E-state index contributed by atoms with van der Waals surface area (Å²) >= 11 is 5.86. The van der Waals surface area contributed by atoms with Crippen LogP contribution in [0, 0.1) is 11.2 Å². The van der Waals surface area contributed by atoms with E-state index in [1.807, 2.05) is 13.8 Å². The van der Waals surface area contributed by atoms with Crippen molar-refractivity contribution in [3.05, 3.63) is 58.6 Å². The maximum Gasteiger partial charge on any atom is 0.142 e. The van der Waals surface area contributed by atoms with Gasteiger partial charge in [0.05, 0.1) is 17.3 Å². The molecule has 116 valence electrons. The third-order valence-corrected chi connectivity index (χ3v) is 4.20. The van der Waals surface area contributed by atoms with E-state index in [1.54, 1.807) is 24.4 Å². The molecule has 0 fully saturated rings. The summed E-state index contributed by atoms with van der Waals surface area (Å²) in [5, 5.41) is 11.3. The van der Waals surface area contributed by atoms with Crippen molar-refractivity contribution in [3.8, 4) is 5.75 Å². The zero-order valence-electron chi connectivity index (χ0n) is 12.4. The van der Waals surface area contributed by atoms with Gasteiger partial charge in [-0.2, -0.15) is 0 Å². The summed E-state index contributed by atoms with van der Waals surface area (Å²) in [5.41, 5.74) is -0.911. The zero-order chi connectivity index (χ0) is 16.0. The van der Waals surface area contributed by atoms with Crippen LogP contribution in [0.3, 0.4) is 0 Å². The summed E-state index contributed by atoms with van der Waals surface area (Å²) in [6, 6.07) is 7.96. The maximum absolute atomic E-state index is 14.0. The second kappa shape index (κ2) is 5.21. The molecular weight excluding hydrogens is 305 g/mol. The summed E-state index contributed by atoms with van der Waals surface area (Å²) in [5.74, 6) is -0.191. The molecule has 0 bridgehead atoms. The average molecular weight is 322 g/mol. The number of hydrogen-bond acceptors (Lipinski definition) is 3. The van der Waals surface area contributed by atoms with Crippen LogP contribution in [0.5, 0.6) is 5.75 Å². The van der Waals surface area contributed by atoms with Crippen LogP contribution in [0.1, 0.15) is 31.5 Å². The van der Waals surface area contributed by atoms with Crippen LogP contribution in [0.4, 0.5) is 4.39 Å². The molecule has 3 nitrogen and oxygen atoms in total. The van der Waals surface area contributed by atoms with Crippen molar-refractivity contribution < 1.29 is 14.2 Å². The molecule has 3 rings (SSSR count). The first-order valence-electron chi connectivity index (χ1n) is 7.08. The number of fused-ring (bicyclic) bond motifs is 1. The number of aliphatic hydroxyl groups is 1. The number of benzene rings is 1. The first-order chi connectivity index (χ1) is 10.3. The van der Waals surface area contributed by atoms with Crippen LogP contribution in [-0.4, -0.2) is 16.7 Å². The highest BCUT2D eigenvalue weighted by Crippen LogP contribution is 2.47. The zero-order valence-corrected chi connectivity index (χ0v) is 13.2. The number of hydrogen-bond donors (Lipinski definition) is 1. The standard InChI is InChI=1S/C17H17ClFNO2/c1-16(2)9-17(21,15-5-3-4-6-20-15)11-7-13(19)12(18)8-14(11)22-10-16/h3-8,21H,9-10H2,1-2H3. The minimum Gasteiger partial charge on any atom is -0.493 e. The summed E-state index contributed by atoms with van der Waals surface area (Å²) in [6.07, 6.45) is 1.98. The minimum atomic E-state index is -1.43. The Balaban J connectivity index is 2.25. The van der Waals surface area contributed by atoms with E-state index in [-0.39, 0.29) is 10.4 Å². The number of pyridine rings is 1. The number of nitrogens with zero attached hydrogens (tertiary/aromatic N) is 1. The van der Waals surface area contributed by atoms with Gasteiger partial charge in [-0.3, -0.25) is 4.98 Å². The second-order valence-corrected chi connectivity index (χ2v) is 6.87. The van der Waals surface area contributed by atoms with Crippen LogP contribution in [-0.2, 0) is 5.60 Å². The smallest absolute Gasteiger partial charge is 0.142 e. The van der Waals surface area contributed by atoms with Crippen molar-refractivity contribution in [2.24, 2.45) is 5.41 Å². The Kier molecular flexibility index (Phi) is 3.62. The second-order valence-electron chi connectivity index (χ2n) is 6.47. The van der Waals surface area contributed by atoms with Crippen LogP contribution in [0.25, 0.3) is 0 Å². The highest BCUT2D eigenvalue weighted by molar-refractivity contribution is 6.30. The van der Waals surface area contributed by atoms with Gasteiger partial charge in [-0.25, -0.2) is 4.39 Å². The quantitative estimate of drug-likeness (QED) is 0.865. The SMILES string of the molecule is CC1(C)COc2cc(Cl)c(F)cc2C(O)(c2ccccn2)C1. The molecular formula is C17H17ClFNO2. The van der Waals surface area contributed by atoms with Gasteiger partial charge in [0.1, 0.15) is 17.2 Å². The van der Waals surface area contributed by atoms with Crippen molar-refractivity contribution in [2.75, 3.05) is 6.61 Å². The third-order valence-electron chi connectivity index (χ3n) is 3.91. The maximum atomic E-state index is 14.0. The lowest BCUT2D eigenvalue weighted by atomic mass is 9.76. The fourth-order valence-electron chi connectivity index (χ4n) is 2.92. The van der Waals surface area contributed by atoms with Gasteiger partial charge in [0, 0.05) is 23.2 Å². The largest absolute Gasteiger partial charge is 0.493 e. The molecule has 0 spiro atoms. The first-order valence-corrected chi connectivity index (χ1v) is 7.46. The summed E-state index contributed by atoms with van der Waals surface area (Å²) in [6.45, 7) is 4.38. The molecule has 0 saturated carbocycles. The average Bonchev–Trinajstić information content (AvgIpc) is 2.57. The van der Waals surface area contributed by atoms with E-state index in [9.17, 15) is 9.50 Å². The van der Waals surface area contributed by atoms with E-state index in [0.717, 1.165) is 0 Å². The Morgan fingerprint density at radius 2 is 2.09 bits per heavy atom. The number of ether oxygens (including phenoxy) is 1. The van der Waals surface area contributed by atoms with Crippen molar-refractivity contribution in [2.45, 2.75) is 25.9 Å². The number of halogens is 2. The lowest BCUT2D eigenvalue weighted by Crippen LogP contribution is -2.34. The van der Waals surface area contributed by atoms with E-state index in [1.165, 1.54) is 12.1 Å². The molecule has 0 aliphatic carbocycles. The lowest BCUT2D eigenvalue weighted by molar-refractivity contribution is 0.0263. The topological polar surface area (TPSA) is 42.4 Å². The van der Waals surface area contributed by atoms with Gasteiger partial charge >= 0.3 is 0 Å². The summed E-state index contributed by atoms with van der Waals surface area (Å²) in [7, 11) is 0. The normalized spacial score (nSPS) is 23.3. The Morgan fingerprint density at radius 1 is 1.32 bits per heavy atom. The van der Waals surface area contributed by atoms with Gasteiger partial charge in [-0.05, 0) is 24.6 Å². The van der Waals surface area contributed by atoms with Gasteiger partial charge < -0.3 is 9.84 Å². The molecule has 1 aliphatic rings. The van der Waals surface area contributed by atoms with E-state index in [2.05, 4.69) is 4.98 Å². The van der Waals surface area contributed by atoms with Gasteiger partial charge in [-0.15, -0.1) is 0 Å². The highest BCUT2D eigenvalue weighted by atomic mass is 35.5. The fourth-order valence-corrected chi connectivity index (χ4v) is 3.07. The third kappa shape index (κ3) is 2.57. The Hall–Kier alpha value is -1.65. The molecule has 1 N–H and O–H groups in total. The monoisotopic (exact) mass is 321 g/mol. The minimum absolute atomic E-state index is 0.0261.